The fourth-order valence-corrected chi connectivity index (χ4v) is 5.67. The number of carbonyl (C=O) groups is 2. The summed E-state index contributed by atoms with van der Waals surface area (Å²) in [6, 6.07) is 0.741. The lowest BCUT2D eigenvalue weighted by molar-refractivity contribution is -0.157. The molecule has 6 nitrogen and oxygen atoms in total. The second-order valence-corrected chi connectivity index (χ2v) is 8.83. The maximum atomic E-state index is 13.1. The second-order valence-electron chi connectivity index (χ2n) is 8.83. The van der Waals surface area contributed by atoms with Crippen LogP contribution in [0.4, 0.5) is 0 Å². The van der Waals surface area contributed by atoms with Crippen LogP contribution >= 0.6 is 0 Å². The van der Waals surface area contributed by atoms with Crippen molar-refractivity contribution >= 4 is 11.8 Å². The lowest BCUT2D eigenvalue weighted by atomic mass is 9.71. The van der Waals surface area contributed by atoms with E-state index in [0.717, 1.165) is 38.4 Å². The summed E-state index contributed by atoms with van der Waals surface area (Å²) in [5, 5.41) is 13.4. The molecule has 0 aromatic heterocycles. The largest absolute Gasteiger partial charge is 0.392 e. The zero-order valence-corrected chi connectivity index (χ0v) is 15.8. The summed E-state index contributed by atoms with van der Waals surface area (Å²) in [5.74, 6) is 0.233. The monoisotopic (exact) mass is 363 g/mol. The van der Waals surface area contributed by atoms with Crippen molar-refractivity contribution in [2.24, 2.45) is 11.3 Å². The Hall–Kier alpha value is -1.14. The Morgan fingerprint density at radius 1 is 1.04 bits per heavy atom. The van der Waals surface area contributed by atoms with Gasteiger partial charge >= 0.3 is 0 Å². The van der Waals surface area contributed by atoms with E-state index in [1.807, 2.05) is 4.90 Å². The Morgan fingerprint density at radius 2 is 1.77 bits per heavy atom. The van der Waals surface area contributed by atoms with E-state index in [0.29, 0.717) is 32.5 Å². The summed E-state index contributed by atoms with van der Waals surface area (Å²) in [6.45, 7) is 3.72. The molecule has 0 unspecified atom stereocenters. The molecule has 4 rings (SSSR count). The van der Waals surface area contributed by atoms with Crippen molar-refractivity contribution in [3.05, 3.63) is 0 Å². The van der Waals surface area contributed by atoms with E-state index >= 15 is 0 Å². The number of hydrogen-bond acceptors (Lipinski definition) is 4. The highest BCUT2D eigenvalue weighted by atomic mass is 16.3. The van der Waals surface area contributed by atoms with Gasteiger partial charge in [0.05, 0.1) is 11.5 Å². The molecule has 2 N–H and O–H groups in total. The number of carbonyl (C=O) groups excluding carboxylic acids is 2. The molecular formula is C20H33N3O3. The van der Waals surface area contributed by atoms with Gasteiger partial charge in [-0.1, -0.05) is 12.8 Å². The molecule has 4 aliphatic rings. The molecule has 2 amide bonds. The molecule has 1 saturated carbocycles. The van der Waals surface area contributed by atoms with Gasteiger partial charge in [-0.2, -0.15) is 0 Å². The highest BCUT2D eigenvalue weighted by Crippen LogP contribution is 2.38. The van der Waals surface area contributed by atoms with Crippen molar-refractivity contribution in [1.29, 1.82) is 0 Å². The van der Waals surface area contributed by atoms with Crippen molar-refractivity contribution in [3.63, 3.8) is 0 Å². The molecule has 3 aliphatic heterocycles. The molecule has 1 aliphatic carbocycles. The van der Waals surface area contributed by atoms with Gasteiger partial charge < -0.3 is 20.2 Å². The molecule has 0 bridgehead atoms. The van der Waals surface area contributed by atoms with Crippen LogP contribution in [0.2, 0.25) is 0 Å². The van der Waals surface area contributed by atoms with Crippen LogP contribution in [-0.4, -0.2) is 71.6 Å². The van der Waals surface area contributed by atoms with Gasteiger partial charge in [-0.3, -0.25) is 9.59 Å². The van der Waals surface area contributed by atoms with Crippen molar-refractivity contribution < 1.29 is 14.7 Å². The molecule has 3 heterocycles. The second kappa shape index (κ2) is 7.47. The van der Waals surface area contributed by atoms with E-state index in [2.05, 4.69) is 10.2 Å². The minimum Gasteiger partial charge on any atom is -0.392 e. The molecule has 0 radical (unpaired) electrons. The third-order valence-corrected chi connectivity index (χ3v) is 7.35. The SMILES string of the molecule is O=C(C1CCN(C2CCCC2)CC1)N1CC[C@@H](O)[C@@]2(CCCNC2=O)C1. The van der Waals surface area contributed by atoms with E-state index in [1.54, 1.807) is 0 Å². The molecule has 4 fully saturated rings. The first kappa shape index (κ1) is 18.2. The summed E-state index contributed by atoms with van der Waals surface area (Å²) in [4.78, 5) is 30.1. The number of nitrogens with one attached hydrogen (secondary N) is 1. The maximum Gasteiger partial charge on any atom is 0.230 e. The first-order chi connectivity index (χ1) is 12.6. The normalized spacial score (nSPS) is 35.0. The van der Waals surface area contributed by atoms with Gasteiger partial charge in [0.2, 0.25) is 11.8 Å². The lowest BCUT2D eigenvalue weighted by Gasteiger charge is -2.48. The fourth-order valence-electron chi connectivity index (χ4n) is 5.67. The smallest absolute Gasteiger partial charge is 0.230 e. The van der Waals surface area contributed by atoms with Crippen LogP contribution in [-0.2, 0) is 9.59 Å². The molecule has 2 atom stereocenters. The third kappa shape index (κ3) is 3.26. The van der Waals surface area contributed by atoms with Crippen molar-refractivity contribution in [2.45, 2.75) is 69.9 Å². The van der Waals surface area contributed by atoms with Gasteiger partial charge in [-0.15, -0.1) is 0 Å². The number of hydrogen-bond donors (Lipinski definition) is 2. The minimum atomic E-state index is -0.781. The van der Waals surface area contributed by atoms with E-state index in [4.69, 9.17) is 0 Å². The minimum absolute atomic E-state index is 0.0650. The molecule has 6 heteroatoms. The molecular weight excluding hydrogens is 330 g/mol. The van der Waals surface area contributed by atoms with Gasteiger partial charge in [0.25, 0.3) is 0 Å². The van der Waals surface area contributed by atoms with Crippen LogP contribution in [0.3, 0.4) is 0 Å². The zero-order valence-electron chi connectivity index (χ0n) is 15.8. The summed E-state index contributed by atoms with van der Waals surface area (Å²) in [5.41, 5.74) is -0.781. The first-order valence-electron chi connectivity index (χ1n) is 10.6. The molecule has 0 aromatic rings. The van der Waals surface area contributed by atoms with E-state index in [1.165, 1.54) is 25.7 Å². The van der Waals surface area contributed by atoms with Crippen molar-refractivity contribution in [2.75, 3.05) is 32.7 Å². The van der Waals surface area contributed by atoms with Crippen molar-refractivity contribution in [3.8, 4) is 0 Å². The highest BCUT2D eigenvalue weighted by Gasteiger charge is 2.51. The number of aliphatic hydroxyl groups excluding tert-OH is 1. The Morgan fingerprint density at radius 3 is 2.46 bits per heavy atom. The first-order valence-corrected chi connectivity index (χ1v) is 10.6. The topological polar surface area (TPSA) is 72.9 Å². The van der Waals surface area contributed by atoms with Crippen molar-refractivity contribution in [1.82, 2.24) is 15.1 Å². The van der Waals surface area contributed by atoms with E-state index < -0.39 is 11.5 Å². The standard InChI is InChI=1S/C20H33N3O3/c24-17-8-13-23(14-20(17)9-3-10-21-19(20)26)18(25)15-6-11-22(12-7-15)16-4-1-2-5-16/h15-17,24H,1-14H2,(H,21,26)/t17-,20-/m1/s1. The summed E-state index contributed by atoms with van der Waals surface area (Å²) >= 11 is 0. The Labute approximate surface area is 156 Å². The van der Waals surface area contributed by atoms with Gasteiger partial charge in [0.1, 0.15) is 0 Å². The number of piperidine rings is 3. The lowest BCUT2D eigenvalue weighted by Crippen LogP contribution is -2.62. The van der Waals surface area contributed by atoms with Gasteiger partial charge in [0.15, 0.2) is 0 Å². The molecule has 1 spiro atoms. The molecule has 146 valence electrons. The highest BCUT2D eigenvalue weighted by molar-refractivity contribution is 5.86. The summed E-state index contributed by atoms with van der Waals surface area (Å²) in [6.07, 6.45) is 8.67. The number of nitrogens with zero attached hydrogens (tertiary/aromatic N) is 2. The average Bonchev–Trinajstić information content (AvgIpc) is 3.20. The Bertz CT molecular complexity index is 540. The fraction of sp³-hybridized carbons (Fsp3) is 0.900. The van der Waals surface area contributed by atoms with Crippen LogP contribution in [0, 0.1) is 11.3 Å². The van der Waals surface area contributed by atoms with Gasteiger partial charge in [-0.25, -0.2) is 0 Å². The summed E-state index contributed by atoms with van der Waals surface area (Å²) < 4.78 is 0. The van der Waals surface area contributed by atoms with Crippen LogP contribution < -0.4 is 5.32 Å². The summed E-state index contributed by atoms with van der Waals surface area (Å²) in [7, 11) is 0. The molecule has 0 aromatic carbocycles. The van der Waals surface area contributed by atoms with E-state index in [-0.39, 0.29) is 17.7 Å². The predicted octanol–water partition coefficient (Wildman–Crippen LogP) is 1.13. The number of rotatable bonds is 2. The Kier molecular flexibility index (Phi) is 5.24. The average molecular weight is 364 g/mol. The van der Waals surface area contributed by atoms with Crippen LogP contribution in [0.1, 0.15) is 57.8 Å². The van der Waals surface area contributed by atoms with Crippen LogP contribution in [0.15, 0.2) is 0 Å². The van der Waals surface area contributed by atoms with E-state index in [9.17, 15) is 14.7 Å². The number of amides is 2. The molecule has 26 heavy (non-hydrogen) atoms. The third-order valence-electron chi connectivity index (χ3n) is 7.35. The number of aliphatic hydroxyl groups is 1. The van der Waals surface area contributed by atoms with Gasteiger partial charge in [0, 0.05) is 31.6 Å². The quantitative estimate of drug-likeness (QED) is 0.771. The number of likely N-dealkylation sites (tertiary alicyclic amines) is 2. The maximum absolute atomic E-state index is 13.1. The van der Waals surface area contributed by atoms with Gasteiger partial charge in [-0.05, 0) is 58.0 Å². The van der Waals surface area contributed by atoms with Crippen LogP contribution in [0.5, 0.6) is 0 Å². The predicted molar refractivity (Wildman–Crippen MR) is 98.4 cm³/mol. The zero-order chi connectivity index (χ0) is 18.1. The van der Waals surface area contributed by atoms with Crippen LogP contribution in [0.25, 0.3) is 0 Å². The Balaban J connectivity index is 1.37. The molecule has 3 saturated heterocycles.